The average molecular weight is 256 g/mol. The van der Waals surface area contributed by atoms with E-state index in [-0.39, 0.29) is 11.9 Å². The third-order valence-corrected chi connectivity index (χ3v) is 3.46. The molecule has 18 heavy (non-hydrogen) atoms. The zero-order chi connectivity index (χ0) is 13.2. The first-order chi connectivity index (χ1) is 8.77. The van der Waals surface area contributed by atoms with Crippen LogP contribution in [0.3, 0.4) is 0 Å². The van der Waals surface area contributed by atoms with Gasteiger partial charge in [0.25, 0.3) is 0 Å². The van der Waals surface area contributed by atoms with Crippen LogP contribution in [0, 0.1) is 5.92 Å². The maximum absolute atomic E-state index is 11.6. The topological polar surface area (TPSA) is 41.6 Å². The molecule has 1 aliphatic heterocycles. The van der Waals surface area contributed by atoms with E-state index in [0.29, 0.717) is 6.61 Å². The van der Waals surface area contributed by atoms with Crippen LogP contribution in [0.25, 0.3) is 0 Å². The molecular weight excluding hydrogens is 228 g/mol. The van der Waals surface area contributed by atoms with Gasteiger partial charge >= 0.3 is 5.97 Å². The van der Waals surface area contributed by atoms with Gasteiger partial charge in [-0.05, 0) is 65.3 Å². The second-order valence-electron chi connectivity index (χ2n) is 4.97. The largest absolute Gasteiger partial charge is 0.466 e. The van der Waals surface area contributed by atoms with Gasteiger partial charge in [-0.2, -0.15) is 0 Å². The molecule has 0 radical (unpaired) electrons. The molecule has 1 fully saturated rings. The molecule has 1 rings (SSSR count). The minimum atomic E-state index is 0.00163. The predicted molar refractivity (Wildman–Crippen MR) is 73.6 cm³/mol. The first-order valence-electron chi connectivity index (χ1n) is 7.37. The Morgan fingerprint density at radius 1 is 1.28 bits per heavy atom. The standard InChI is InChI=1S/C14H28N2O2/c1-3-8-15-9-5-10-16-11-6-13(7-12-16)14(17)18-4-2/h13,15H,3-12H2,1-2H3. The second-order valence-corrected chi connectivity index (χ2v) is 4.97. The van der Waals surface area contributed by atoms with Gasteiger partial charge in [0.1, 0.15) is 0 Å². The summed E-state index contributed by atoms with van der Waals surface area (Å²) in [6.45, 7) is 10.0. The zero-order valence-electron chi connectivity index (χ0n) is 11.9. The molecule has 1 saturated heterocycles. The highest BCUT2D eigenvalue weighted by molar-refractivity contribution is 5.72. The van der Waals surface area contributed by atoms with Crippen molar-refractivity contribution in [2.75, 3.05) is 39.3 Å². The van der Waals surface area contributed by atoms with Crippen molar-refractivity contribution in [1.82, 2.24) is 10.2 Å². The number of carbonyl (C=O) groups excluding carboxylic acids is 1. The molecule has 0 aliphatic carbocycles. The van der Waals surface area contributed by atoms with Crippen LogP contribution in [0.15, 0.2) is 0 Å². The average Bonchev–Trinajstić information content (AvgIpc) is 2.39. The molecule has 4 heteroatoms. The van der Waals surface area contributed by atoms with E-state index in [1.807, 2.05) is 6.92 Å². The van der Waals surface area contributed by atoms with E-state index in [2.05, 4.69) is 17.1 Å². The summed E-state index contributed by atoms with van der Waals surface area (Å²) in [7, 11) is 0. The van der Waals surface area contributed by atoms with Crippen molar-refractivity contribution in [3.05, 3.63) is 0 Å². The second kappa shape index (κ2) is 9.34. The number of esters is 1. The fourth-order valence-corrected chi connectivity index (χ4v) is 2.38. The lowest BCUT2D eigenvalue weighted by Crippen LogP contribution is -2.38. The summed E-state index contributed by atoms with van der Waals surface area (Å²) < 4.78 is 5.07. The van der Waals surface area contributed by atoms with Gasteiger partial charge in [0.2, 0.25) is 0 Å². The summed E-state index contributed by atoms with van der Waals surface area (Å²) in [5, 5.41) is 3.42. The summed E-state index contributed by atoms with van der Waals surface area (Å²) >= 11 is 0. The van der Waals surface area contributed by atoms with E-state index < -0.39 is 0 Å². The number of piperidine rings is 1. The fraction of sp³-hybridized carbons (Fsp3) is 0.929. The van der Waals surface area contributed by atoms with Crippen LogP contribution < -0.4 is 5.32 Å². The first-order valence-corrected chi connectivity index (χ1v) is 7.37. The van der Waals surface area contributed by atoms with E-state index in [4.69, 9.17) is 4.74 Å². The summed E-state index contributed by atoms with van der Waals surface area (Å²) in [5.41, 5.74) is 0. The Kier molecular flexibility index (Phi) is 8.01. The summed E-state index contributed by atoms with van der Waals surface area (Å²) in [4.78, 5) is 14.0. The number of rotatable bonds is 8. The van der Waals surface area contributed by atoms with E-state index >= 15 is 0 Å². The fourth-order valence-electron chi connectivity index (χ4n) is 2.38. The van der Waals surface area contributed by atoms with Crippen molar-refractivity contribution in [2.24, 2.45) is 5.92 Å². The number of hydrogen-bond donors (Lipinski definition) is 1. The molecule has 1 heterocycles. The molecule has 0 aromatic heterocycles. The van der Waals surface area contributed by atoms with Gasteiger partial charge in [-0.1, -0.05) is 6.92 Å². The Labute approximate surface area is 111 Å². The summed E-state index contributed by atoms with van der Waals surface area (Å²) in [6.07, 6.45) is 4.32. The highest BCUT2D eigenvalue weighted by Gasteiger charge is 2.25. The highest BCUT2D eigenvalue weighted by Crippen LogP contribution is 2.18. The Hall–Kier alpha value is -0.610. The van der Waals surface area contributed by atoms with Gasteiger partial charge in [-0.25, -0.2) is 0 Å². The number of nitrogens with one attached hydrogen (secondary N) is 1. The molecule has 0 atom stereocenters. The lowest BCUT2D eigenvalue weighted by atomic mass is 9.97. The normalized spacial score (nSPS) is 17.9. The van der Waals surface area contributed by atoms with E-state index in [0.717, 1.165) is 45.6 Å². The van der Waals surface area contributed by atoms with Crippen LogP contribution in [0.4, 0.5) is 0 Å². The van der Waals surface area contributed by atoms with Crippen LogP contribution in [-0.2, 0) is 9.53 Å². The van der Waals surface area contributed by atoms with Crippen molar-refractivity contribution >= 4 is 5.97 Å². The van der Waals surface area contributed by atoms with Gasteiger partial charge in [0.05, 0.1) is 12.5 Å². The molecule has 0 aromatic carbocycles. The van der Waals surface area contributed by atoms with Crippen molar-refractivity contribution in [3.63, 3.8) is 0 Å². The molecule has 0 amide bonds. The Bertz CT molecular complexity index is 226. The number of hydrogen-bond acceptors (Lipinski definition) is 4. The SMILES string of the molecule is CCCNCCCN1CCC(C(=O)OCC)CC1. The lowest BCUT2D eigenvalue weighted by Gasteiger charge is -2.30. The third-order valence-electron chi connectivity index (χ3n) is 3.46. The molecule has 0 aromatic rings. The van der Waals surface area contributed by atoms with Crippen LogP contribution >= 0.6 is 0 Å². The van der Waals surface area contributed by atoms with Gasteiger partial charge < -0.3 is 15.0 Å². The number of ether oxygens (including phenoxy) is 1. The molecule has 0 bridgehead atoms. The monoisotopic (exact) mass is 256 g/mol. The van der Waals surface area contributed by atoms with Crippen molar-refractivity contribution in [3.8, 4) is 0 Å². The van der Waals surface area contributed by atoms with Gasteiger partial charge in [0, 0.05) is 0 Å². The maximum atomic E-state index is 11.6. The molecule has 0 spiro atoms. The molecule has 1 aliphatic rings. The summed E-state index contributed by atoms with van der Waals surface area (Å²) in [6, 6.07) is 0. The van der Waals surface area contributed by atoms with Gasteiger partial charge in [-0.15, -0.1) is 0 Å². The van der Waals surface area contributed by atoms with E-state index in [1.165, 1.54) is 12.8 Å². The smallest absolute Gasteiger partial charge is 0.309 e. The van der Waals surface area contributed by atoms with Crippen molar-refractivity contribution in [1.29, 1.82) is 0 Å². The maximum Gasteiger partial charge on any atom is 0.309 e. The van der Waals surface area contributed by atoms with E-state index in [9.17, 15) is 4.79 Å². The Morgan fingerprint density at radius 3 is 2.61 bits per heavy atom. The Morgan fingerprint density at radius 2 is 2.00 bits per heavy atom. The Balaban J connectivity index is 2.06. The molecule has 4 nitrogen and oxygen atoms in total. The van der Waals surface area contributed by atoms with Crippen molar-refractivity contribution in [2.45, 2.75) is 39.5 Å². The quantitative estimate of drug-likeness (QED) is 0.530. The lowest BCUT2D eigenvalue weighted by molar-refractivity contribution is -0.149. The van der Waals surface area contributed by atoms with Gasteiger partial charge in [-0.3, -0.25) is 4.79 Å². The number of nitrogens with zero attached hydrogens (tertiary/aromatic N) is 1. The first kappa shape index (κ1) is 15.4. The van der Waals surface area contributed by atoms with E-state index in [1.54, 1.807) is 0 Å². The van der Waals surface area contributed by atoms with Gasteiger partial charge in [0.15, 0.2) is 0 Å². The minimum Gasteiger partial charge on any atom is -0.466 e. The van der Waals surface area contributed by atoms with Crippen molar-refractivity contribution < 1.29 is 9.53 Å². The predicted octanol–water partition coefficient (Wildman–Crippen LogP) is 1.65. The summed E-state index contributed by atoms with van der Waals surface area (Å²) in [5.74, 6) is 0.140. The number of likely N-dealkylation sites (tertiary alicyclic amines) is 1. The zero-order valence-corrected chi connectivity index (χ0v) is 11.9. The van der Waals surface area contributed by atoms with Crippen LogP contribution in [-0.4, -0.2) is 50.2 Å². The third kappa shape index (κ3) is 5.83. The highest BCUT2D eigenvalue weighted by atomic mass is 16.5. The molecular formula is C14H28N2O2. The molecule has 106 valence electrons. The van der Waals surface area contributed by atoms with Crippen LogP contribution in [0.5, 0.6) is 0 Å². The minimum absolute atomic E-state index is 0.00163. The number of carbonyl (C=O) groups is 1. The molecule has 0 unspecified atom stereocenters. The van der Waals surface area contributed by atoms with Crippen LogP contribution in [0.1, 0.15) is 39.5 Å². The molecule has 0 saturated carbocycles. The molecule has 1 N–H and O–H groups in total. The van der Waals surface area contributed by atoms with Crippen LogP contribution in [0.2, 0.25) is 0 Å².